The molecule has 2 aromatic carbocycles. The van der Waals surface area contributed by atoms with E-state index in [1.807, 2.05) is 31.2 Å². The van der Waals surface area contributed by atoms with E-state index < -0.39 is 0 Å². The number of aryl methyl sites for hydroxylation is 1. The summed E-state index contributed by atoms with van der Waals surface area (Å²) < 4.78 is 0.854. The fourth-order valence-corrected chi connectivity index (χ4v) is 2.29. The van der Waals surface area contributed by atoms with Crippen LogP contribution in [-0.2, 0) is 0 Å². The van der Waals surface area contributed by atoms with Gasteiger partial charge in [-0.05, 0) is 36.8 Å². The predicted octanol–water partition coefficient (Wildman–Crippen LogP) is 5.03. The largest absolute Gasteiger partial charge is 0.354 e. The van der Waals surface area contributed by atoms with Crippen LogP contribution in [0.3, 0.4) is 0 Å². The van der Waals surface area contributed by atoms with Crippen molar-refractivity contribution >= 4 is 38.9 Å². The number of hydrogen-bond donors (Lipinski definition) is 1. The molecule has 0 bridgehead atoms. The maximum Gasteiger partial charge on any atom is 0.0992 e. The highest BCUT2D eigenvalue weighted by Gasteiger charge is 2.04. The van der Waals surface area contributed by atoms with Gasteiger partial charge in [0.15, 0.2) is 0 Å². The molecule has 0 amide bonds. The molecule has 0 aliphatic rings. The lowest BCUT2D eigenvalue weighted by atomic mass is 10.2. The Kier molecular flexibility index (Phi) is 3.90. The van der Waals surface area contributed by atoms with E-state index >= 15 is 0 Å². The lowest BCUT2D eigenvalue weighted by Crippen LogP contribution is -1.93. The first-order valence-electron chi connectivity index (χ1n) is 5.33. The van der Waals surface area contributed by atoms with Crippen molar-refractivity contribution in [1.82, 2.24) is 0 Å². The smallest absolute Gasteiger partial charge is 0.0992 e. The van der Waals surface area contributed by atoms with Gasteiger partial charge in [0, 0.05) is 10.2 Å². The molecule has 0 fully saturated rings. The molecule has 0 aromatic heterocycles. The molecule has 0 atom stereocenters. The van der Waals surface area contributed by atoms with Gasteiger partial charge in [-0.15, -0.1) is 0 Å². The van der Waals surface area contributed by atoms with Crippen molar-refractivity contribution in [3.05, 3.63) is 57.0 Å². The normalized spacial score (nSPS) is 9.89. The van der Waals surface area contributed by atoms with Gasteiger partial charge in [0.25, 0.3) is 0 Å². The van der Waals surface area contributed by atoms with Crippen LogP contribution < -0.4 is 5.32 Å². The summed E-state index contributed by atoms with van der Waals surface area (Å²) >= 11 is 9.59. The molecule has 0 saturated carbocycles. The number of nitriles is 1. The van der Waals surface area contributed by atoms with Crippen molar-refractivity contribution in [2.75, 3.05) is 5.32 Å². The Hall–Kier alpha value is -1.50. The average molecular weight is 322 g/mol. The summed E-state index contributed by atoms with van der Waals surface area (Å²) in [6, 6.07) is 13.4. The first-order valence-corrected chi connectivity index (χ1v) is 6.50. The molecule has 0 heterocycles. The van der Waals surface area contributed by atoms with Crippen LogP contribution in [-0.4, -0.2) is 0 Å². The van der Waals surface area contributed by atoms with Gasteiger partial charge in [-0.2, -0.15) is 5.26 Å². The number of halogens is 2. The highest BCUT2D eigenvalue weighted by atomic mass is 79.9. The second kappa shape index (κ2) is 5.43. The van der Waals surface area contributed by atoms with Crippen molar-refractivity contribution in [3.8, 4) is 6.07 Å². The fraction of sp³-hybridized carbons (Fsp3) is 0.0714. The highest BCUT2D eigenvalue weighted by molar-refractivity contribution is 9.10. The molecule has 18 heavy (non-hydrogen) atoms. The number of nitrogens with zero attached hydrogens (tertiary/aromatic N) is 1. The fourth-order valence-electron chi connectivity index (χ4n) is 1.63. The van der Waals surface area contributed by atoms with E-state index in [2.05, 4.69) is 27.3 Å². The monoisotopic (exact) mass is 320 g/mol. The minimum atomic E-state index is 0.593. The lowest BCUT2D eigenvalue weighted by molar-refractivity contribution is 1.43. The van der Waals surface area contributed by atoms with Gasteiger partial charge in [0.1, 0.15) is 0 Å². The van der Waals surface area contributed by atoms with Gasteiger partial charge in [-0.25, -0.2) is 0 Å². The quantitative estimate of drug-likeness (QED) is 0.842. The molecule has 0 spiro atoms. The summed E-state index contributed by atoms with van der Waals surface area (Å²) in [5.41, 5.74) is 3.26. The van der Waals surface area contributed by atoms with E-state index in [1.54, 1.807) is 12.1 Å². The molecular formula is C14H10BrClN2. The number of benzene rings is 2. The third-order valence-corrected chi connectivity index (χ3v) is 3.46. The van der Waals surface area contributed by atoms with Gasteiger partial charge >= 0.3 is 0 Å². The standard InChI is InChI=1S/C14H10BrClN2/c1-9-3-2-4-13(14(9)16)18-12-6-10(8-17)5-11(15)7-12/h2-7,18H,1H3. The zero-order valence-corrected chi connectivity index (χ0v) is 12.0. The van der Waals surface area contributed by atoms with Crippen molar-refractivity contribution in [1.29, 1.82) is 5.26 Å². The Balaban J connectivity index is 2.37. The maximum atomic E-state index is 8.93. The van der Waals surface area contributed by atoms with Crippen LogP contribution in [0.5, 0.6) is 0 Å². The Morgan fingerprint density at radius 1 is 1.28 bits per heavy atom. The summed E-state index contributed by atoms with van der Waals surface area (Å²) in [5.74, 6) is 0. The molecule has 0 unspecified atom stereocenters. The van der Waals surface area contributed by atoms with Crippen LogP contribution in [0, 0.1) is 18.3 Å². The molecule has 1 N–H and O–H groups in total. The minimum Gasteiger partial charge on any atom is -0.354 e. The van der Waals surface area contributed by atoms with Crippen molar-refractivity contribution in [2.24, 2.45) is 0 Å². The van der Waals surface area contributed by atoms with E-state index in [0.29, 0.717) is 10.6 Å². The first-order chi connectivity index (χ1) is 8.60. The predicted molar refractivity (Wildman–Crippen MR) is 78.3 cm³/mol. The van der Waals surface area contributed by atoms with Gasteiger partial charge in [0.2, 0.25) is 0 Å². The minimum absolute atomic E-state index is 0.593. The molecule has 0 radical (unpaired) electrons. The summed E-state index contributed by atoms with van der Waals surface area (Å²) in [6.45, 7) is 1.95. The molecule has 0 aliphatic heterocycles. The first kappa shape index (κ1) is 12.9. The van der Waals surface area contributed by atoms with Crippen LogP contribution in [0.15, 0.2) is 40.9 Å². The molecule has 90 valence electrons. The number of hydrogen-bond acceptors (Lipinski definition) is 2. The van der Waals surface area contributed by atoms with E-state index in [4.69, 9.17) is 16.9 Å². The summed E-state index contributed by atoms with van der Waals surface area (Å²) in [4.78, 5) is 0. The molecule has 2 aromatic rings. The summed E-state index contributed by atoms with van der Waals surface area (Å²) in [5, 5.41) is 12.8. The second-order valence-corrected chi connectivity index (χ2v) is 5.20. The van der Waals surface area contributed by atoms with Gasteiger partial charge in [-0.3, -0.25) is 0 Å². The Morgan fingerprint density at radius 3 is 2.78 bits per heavy atom. The Labute approximate surface area is 119 Å². The maximum absolute atomic E-state index is 8.93. The molecule has 2 rings (SSSR count). The molecular weight excluding hydrogens is 312 g/mol. The van der Waals surface area contributed by atoms with Crippen molar-refractivity contribution < 1.29 is 0 Å². The average Bonchev–Trinajstić information content (AvgIpc) is 2.34. The third-order valence-electron chi connectivity index (χ3n) is 2.50. The lowest BCUT2D eigenvalue weighted by Gasteiger charge is -2.10. The number of rotatable bonds is 2. The highest BCUT2D eigenvalue weighted by Crippen LogP contribution is 2.29. The van der Waals surface area contributed by atoms with Gasteiger partial charge < -0.3 is 5.32 Å². The second-order valence-electron chi connectivity index (χ2n) is 3.90. The molecule has 4 heteroatoms. The van der Waals surface area contributed by atoms with E-state index in [9.17, 15) is 0 Å². The topological polar surface area (TPSA) is 35.8 Å². The zero-order valence-electron chi connectivity index (χ0n) is 9.67. The van der Waals surface area contributed by atoms with Crippen molar-refractivity contribution in [2.45, 2.75) is 6.92 Å². The van der Waals surface area contributed by atoms with Gasteiger partial charge in [0.05, 0.1) is 22.3 Å². The third kappa shape index (κ3) is 2.84. The van der Waals surface area contributed by atoms with Gasteiger partial charge in [-0.1, -0.05) is 39.7 Å². The Morgan fingerprint density at radius 2 is 2.06 bits per heavy atom. The van der Waals surface area contributed by atoms with Crippen LogP contribution in [0.1, 0.15) is 11.1 Å². The van der Waals surface area contributed by atoms with Crippen LogP contribution >= 0.6 is 27.5 Å². The summed E-state index contributed by atoms with van der Waals surface area (Å²) in [7, 11) is 0. The zero-order chi connectivity index (χ0) is 13.1. The molecule has 0 aliphatic carbocycles. The van der Waals surface area contributed by atoms with E-state index in [-0.39, 0.29) is 0 Å². The SMILES string of the molecule is Cc1cccc(Nc2cc(Br)cc(C#N)c2)c1Cl. The number of anilines is 2. The van der Waals surface area contributed by atoms with Crippen LogP contribution in [0.4, 0.5) is 11.4 Å². The van der Waals surface area contributed by atoms with E-state index in [1.165, 1.54) is 0 Å². The van der Waals surface area contributed by atoms with Crippen LogP contribution in [0.25, 0.3) is 0 Å². The van der Waals surface area contributed by atoms with Crippen molar-refractivity contribution in [3.63, 3.8) is 0 Å². The molecule has 2 nitrogen and oxygen atoms in total. The Bertz CT molecular complexity index is 632. The molecule has 0 saturated heterocycles. The summed E-state index contributed by atoms with van der Waals surface area (Å²) in [6.07, 6.45) is 0. The number of nitrogens with one attached hydrogen (secondary N) is 1. The van der Waals surface area contributed by atoms with E-state index in [0.717, 1.165) is 21.4 Å². The van der Waals surface area contributed by atoms with Crippen LogP contribution in [0.2, 0.25) is 5.02 Å².